The fourth-order valence-corrected chi connectivity index (χ4v) is 2.21. The van der Waals surface area contributed by atoms with Crippen LogP contribution in [0.25, 0.3) is 0 Å². The summed E-state index contributed by atoms with van der Waals surface area (Å²) in [6, 6.07) is 5.88. The van der Waals surface area contributed by atoms with Crippen molar-refractivity contribution in [3.63, 3.8) is 0 Å². The summed E-state index contributed by atoms with van der Waals surface area (Å²) in [5, 5.41) is 0. The van der Waals surface area contributed by atoms with Gasteiger partial charge in [-0.15, -0.1) is 0 Å². The third-order valence-corrected chi connectivity index (χ3v) is 2.78. The van der Waals surface area contributed by atoms with Gasteiger partial charge in [0, 0.05) is 16.9 Å². The Hall–Kier alpha value is -1.26. The predicted molar refractivity (Wildman–Crippen MR) is 66.9 cm³/mol. The normalized spacial score (nSPS) is 12.4. The second-order valence-corrected chi connectivity index (χ2v) is 4.59. The highest BCUT2D eigenvalue weighted by Crippen LogP contribution is 2.22. The van der Waals surface area contributed by atoms with Crippen molar-refractivity contribution >= 4 is 15.9 Å². The van der Waals surface area contributed by atoms with Crippen molar-refractivity contribution in [2.45, 2.75) is 13.0 Å². The van der Waals surface area contributed by atoms with Crippen LogP contribution >= 0.6 is 15.9 Å². The van der Waals surface area contributed by atoms with E-state index in [2.05, 4.69) is 32.0 Å². The average molecular weight is 278 g/mol. The highest BCUT2D eigenvalue weighted by Gasteiger charge is 2.11. The molecule has 2 N–H and O–H groups in total. The minimum absolute atomic E-state index is 0.232. The topological polar surface area (TPSA) is 51.8 Å². The molecule has 82 valence electrons. The molecule has 0 aliphatic carbocycles. The third-order valence-electron chi connectivity index (χ3n) is 2.33. The Kier molecular flexibility index (Phi) is 3.31. The molecular weight excluding hydrogens is 266 g/mol. The van der Waals surface area contributed by atoms with Crippen LogP contribution in [0.5, 0.6) is 0 Å². The van der Waals surface area contributed by atoms with Crippen LogP contribution < -0.4 is 5.73 Å². The lowest BCUT2D eigenvalue weighted by atomic mass is 10.0. The number of halogens is 1. The van der Waals surface area contributed by atoms with Gasteiger partial charge in [0.15, 0.2) is 0 Å². The van der Waals surface area contributed by atoms with E-state index in [1.807, 2.05) is 19.1 Å². The maximum Gasteiger partial charge on any atom is 0.0799 e. The molecule has 0 radical (unpaired) electrons. The molecular formula is C12H12BrN3. The lowest BCUT2D eigenvalue weighted by Crippen LogP contribution is -2.13. The number of rotatable bonds is 2. The van der Waals surface area contributed by atoms with Gasteiger partial charge < -0.3 is 5.73 Å². The van der Waals surface area contributed by atoms with Gasteiger partial charge in [-0.25, -0.2) is 0 Å². The van der Waals surface area contributed by atoms with E-state index in [-0.39, 0.29) is 6.04 Å². The molecule has 2 aromatic rings. The third kappa shape index (κ3) is 2.46. The molecule has 0 amide bonds. The Balaban J connectivity index is 2.37. The molecule has 1 unspecified atom stereocenters. The van der Waals surface area contributed by atoms with Crippen LogP contribution in [0.4, 0.5) is 0 Å². The van der Waals surface area contributed by atoms with Crippen LogP contribution in [-0.2, 0) is 0 Å². The zero-order valence-corrected chi connectivity index (χ0v) is 10.5. The molecule has 1 atom stereocenters. The first-order valence-corrected chi connectivity index (χ1v) is 5.74. The summed E-state index contributed by atoms with van der Waals surface area (Å²) in [5.41, 5.74) is 9.11. The summed E-state index contributed by atoms with van der Waals surface area (Å²) in [7, 11) is 0. The van der Waals surface area contributed by atoms with E-state index in [0.29, 0.717) is 0 Å². The van der Waals surface area contributed by atoms with E-state index in [0.717, 1.165) is 15.7 Å². The Morgan fingerprint density at radius 3 is 2.69 bits per heavy atom. The standard InChI is InChI=1S/C12H12BrN3/c1-8-4-9(6-10(13)5-8)12(14)11-7-15-2-3-16-11/h2-7,12H,14H2,1H3. The number of hydrogen-bond acceptors (Lipinski definition) is 3. The second-order valence-electron chi connectivity index (χ2n) is 3.67. The highest BCUT2D eigenvalue weighted by molar-refractivity contribution is 9.10. The molecule has 16 heavy (non-hydrogen) atoms. The van der Waals surface area contributed by atoms with Crippen molar-refractivity contribution in [3.05, 3.63) is 58.1 Å². The smallest absolute Gasteiger partial charge is 0.0799 e. The van der Waals surface area contributed by atoms with Crippen molar-refractivity contribution < 1.29 is 0 Å². The summed E-state index contributed by atoms with van der Waals surface area (Å²) in [6.45, 7) is 2.04. The Morgan fingerprint density at radius 2 is 2.06 bits per heavy atom. The van der Waals surface area contributed by atoms with Gasteiger partial charge in [0.1, 0.15) is 0 Å². The van der Waals surface area contributed by atoms with Crippen molar-refractivity contribution in [2.24, 2.45) is 5.73 Å². The lowest BCUT2D eigenvalue weighted by molar-refractivity contribution is 0.816. The number of nitrogens with two attached hydrogens (primary N) is 1. The van der Waals surface area contributed by atoms with Crippen LogP contribution in [0.2, 0.25) is 0 Å². The Morgan fingerprint density at radius 1 is 1.25 bits per heavy atom. The van der Waals surface area contributed by atoms with Gasteiger partial charge in [0.2, 0.25) is 0 Å². The zero-order chi connectivity index (χ0) is 11.5. The van der Waals surface area contributed by atoms with Crippen LogP contribution in [0.1, 0.15) is 22.9 Å². The average Bonchev–Trinajstić information content (AvgIpc) is 2.28. The number of aryl methyl sites for hydroxylation is 1. The zero-order valence-electron chi connectivity index (χ0n) is 8.89. The van der Waals surface area contributed by atoms with E-state index in [1.165, 1.54) is 5.56 Å². The van der Waals surface area contributed by atoms with Gasteiger partial charge in [-0.05, 0) is 30.2 Å². The molecule has 0 saturated heterocycles. The van der Waals surface area contributed by atoms with Gasteiger partial charge >= 0.3 is 0 Å². The predicted octanol–water partition coefficient (Wildman–Crippen LogP) is 2.60. The first-order valence-electron chi connectivity index (χ1n) is 4.95. The second kappa shape index (κ2) is 4.72. The molecule has 2 rings (SSSR count). The molecule has 4 heteroatoms. The molecule has 0 spiro atoms. The Labute approximate surface area is 103 Å². The number of aromatic nitrogens is 2. The number of hydrogen-bond donors (Lipinski definition) is 1. The maximum atomic E-state index is 6.13. The van der Waals surface area contributed by atoms with E-state index in [4.69, 9.17) is 5.73 Å². The fourth-order valence-electron chi connectivity index (χ4n) is 1.59. The van der Waals surface area contributed by atoms with Crippen LogP contribution in [0, 0.1) is 6.92 Å². The molecule has 1 aromatic heterocycles. The first-order chi connectivity index (χ1) is 7.66. The minimum Gasteiger partial charge on any atom is -0.319 e. The summed E-state index contributed by atoms with van der Waals surface area (Å²) in [6.07, 6.45) is 4.99. The van der Waals surface area contributed by atoms with Gasteiger partial charge in [-0.2, -0.15) is 0 Å². The van der Waals surface area contributed by atoms with Crippen molar-refractivity contribution in [2.75, 3.05) is 0 Å². The van der Waals surface area contributed by atoms with E-state index in [9.17, 15) is 0 Å². The molecule has 0 saturated carbocycles. The van der Waals surface area contributed by atoms with Crippen molar-refractivity contribution in [3.8, 4) is 0 Å². The monoisotopic (exact) mass is 277 g/mol. The lowest BCUT2D eigenvalue weighted by Gasteiger charge is -2.12. The van der Waals surface area contributed by atoms with Crippen LogP contribution in [0.15, 0.2) is 41.3 Å². The largest absolute Gasteiger partial charge is 0.319 e. The highest BCUT2D eigenvalue weighted by atomic mass is 79.9. The summed E-state index contributed by atoms with van der Waals surface area (Å²) < 4.78 is 1.03. The molecule has 0 fully saturated rings. The molecule has 0 bridgehead atoms. The van der Waals surface area contributed by atoms with Crippen molar-refractivity contribution in [1.29, 1.82) is 0 Å². The molecule has 1 aromatic carbocycles. The SMILES string of the molecule is Cc1cc(Br)cc(C(N)c2cnccn2)c1. The number of nitrogens with zero attached hydrogens (tertiary/aromatic N) is 2. The van der Waals surface area contributed by atoms with Gasteiger partial charge in [0.25, 0.3) is 0 Å². The minimum atomic E-state index is -0.232. The van der Waals surface area contributed by atoms with E-state index >= 15 is 0 Å². The van der Waals surface area contributed by atoms with Gasteiger partial charge in [-0.1, -0.05) is 22.0 Å². The fraction of sp³-hybridized carbons (Fsp3) is 0.167. The van der Waals surface area contributed by atoms with Gasteiger partial charge in [0.05, 0.1) is 17.9 Å². The quantitative estimate of drug-likeness (QED) is 0.918. The maximum absolute atomic E-state index is 6.13. The van der Waals surface area contributed by atoms with Crippen LogP contribution in [0.3, 0.4) is 0 Å². The van der Waals surface area contributed by atoms with Crippen LogP contribution in [-0.4, -0.2) is 9.97 Å². The molecule has 0 aliphatic rings. The summed E-state index contributed by atoms with van der Waals surface area (Å²) in [4.78, 5) is 8.23. The molecule has 1 heterocycles. The van der Waals surface area contributed by atoms with Gasteiger partial charge in [-0.3, -0.25) is 9.97 Å². The van der Waals surface area contributed by atoms with Crippen molar-refractivity contribution in [1.82, 2.24) is 9.97 Å². The summed E-state index contributed by atoms with van der Waals surface area (Å²) in [5.74, 6) is 0. The Bertz CT molecular complexity index is 465. The number of benzene rings is 1. The molecule has 0 aliphatic heterocycles. The first kappa shape index (κ1) is 11.2. The van der Waals surface area contributed by atoms with E-state index in [1.54, 1.807) is 18.6 Å². The molecule has 3 nitrogen and oxygen atoms in total. The summed E-state index contributed by atoms with van der Waals surface area (Å²) >= 11 is 3.46. The van der Waals surface area contributed by atoms with E-state index < -0.39 is 0 Å².